The predicted molar refractivity (Wildman–Crippen MR) is 79.7 cm³/mol. The molecule has 2 aromatic rings. The number of amides is 2. The topological polar surface area (TPSA) is 40.6 Å². The molecule has 0 saturated carbocycles. The lowest BCUT2D eigenvalue weighted by Crippen LogP contribution is -2.55. The van der Waals surface area contributed by atoms with Crippen molar-refractivity contribution in [1.82, 2.24) is 4.90 Å². The Hall–Kier alpha value is -2.62. The Kier molecular flexibility index (Phi) is 2.42. The zero-order chi connectivity index (χ0) is 14.6. The Morgan fingerprint density at radius 2 is 1.57 bits per heavy atom. The van der Waals surface area contributed by atoms with Gasteiger partial charge in [0.05, 0.1) is 11.7 Å². The van der Waals surface area contributed by atoms with Crippen LogP contribution in [0.25, 0.3) is 11.1 Å². The van der Waals surface area contributed by atoms with Crippen LogP contribution in [0, 0.1) is 0 Å². The number of nitrogens with zero attached hydrogens (tertiary/aromatic N) is 2. The molecule has 2 aliphatic rings. The van der Waals surface area contributed by atoms with E-state index in [1.807, 2.05) is 42.5 Å². The fourth-order valence-corrected chi connectivity index (χ4v) is 3.29. The fourth-order valence-electron chi connectivity index (χ4n) is 3.29. The molecule has 2 aromatic carbocycles. The Morgan fingerprint density at radius 3 is 2.38 bits per heavy atom. The molecular formula is C17H14N2O2. The van der Waals surface area contributed by atoms with Crippen LogP contribution in [-0.2, 0) is 9.59 Å². The van der Waals surface area contributed by atoms with Crippen LogP contribution in [0.15, 0.2) is 48.5 Å². The Labute approximate surface area is 122 Å². The second kappa shape index (κ2) is 4.19. The normalized spacial score (nSPS) is 20.0. The van der Waals surface area contributed by atoms with Gasteiger partial charge >= 0.3 is 11.8 Å². The molecule has 104 valence electrons. The van der Waals surface area contributed by atoms with Crippen LogP contribution in [0.5, 0.6) is 0 Å². The average molecular weight is 278 g/mol. The van der Waals surface area contributed by atoms with E-state index < -0.39 is 11.8 Å². The maximum Gasteiger partial charge on any atom is 0.317 e. The summed E-state index contributed by atoms with van der Waals surface area (Å²) in [6, 6.07) is 15.8. The third-order valence-electron chi connectivity index (χ3n) is 4.28. The number of fused-ring (bicyclic) bond motifs is 6. The van der Waals surface area contributed by atoms with Crippen molar-refractivity contribution in [2.24, 2.45) is 0 Å². The molecule has 1 saturated heterocycles. The molecule has 4 rings (SSSR count). The minimum absolute atomic E-state index is 0.105. The number of carbonyl (C=O) groups excluding carboxylic acids is 2. The monoisotopic (exact) mass is 278 g/mol. The van der Waals surface area contributed by atoms with Crippen LogP contribution in [0.2, 0.25) is 0 Å². The Bertz CT molecular complexity index is 769. The number of likely N-dealkylation sites (N-methyl/N-ethyl adjacent to an activating group) is 1. The number of carbonyl (C=O) groups is 2. The number of rotatable bonds is 0. The second-order valence-corrected chi connectivity index (χ2v) is 5.48. The molecule has 1 atom stereocenters. The number of hydrogen-bond acceptors (Lipinski definition) is 2. The van der Waals surface area contributed by atoms with Crippen molar-refractivity contribution in [2.75, 3.05) is 18.5 Å². The van der Waals surface area contributed by atoms with Crippen LogP contribution < -0.4 is 4.90 Å². The lowest BCUT2D eigenvalue weighted by atomic mass is 9.86. The SMILES string of the molecule is CN1C[C@H]2c3ccccc3-c3ccccc3N2C(=O)C1=O. The van der Waals surface area contributed by atoms with E-state index in [1.54, 1.807) is 11.9 Å². The van der Waals surface area contributed by atoms with Crippen molar-refractivity contribution in [1.29, 1.82) is 0 Å². The lowest BCUT2D eigenvalue weighted by molar-refractivity contribution is -0.146. The molecule has 2 aliphatic heterocycles. The van der Waals surface area contributed by atoms with Crippen molar-refractivity contribution >= 4 is 17.5 Å². The summed E-state index contributed by atoms with van der Waals surface area (Å²) in [4.78, 5) is 27.7. The smallest absolute Gasteiger partial charge is 0.317 e. The van der Waals surface area contributed by atoms with Crippen LogP contribution in [0.4, 0.5) is 5.69 Å². The molecule has 0 aliphatic carbocycles. The highest BCUT2D eigenvalue weighted by Gasteiger charge is 2.43. The zero-order valence-corrected chi connectivity index (χ0v) is 11.6. The molecule has 2 heterocycles. The maximum atomic E-state index is 12.5. The number of anilines is 1. The van der Waals surface area contributed by atoms with Gasteiger partial charge in [0.2, 0.25) is 0 Å². The van der Waals surface area contributed by atoms with E-state index >= 15 is 0 Å². The van der Waals surface area contributed by atoms with Crippen molar-refractivity contribution in [3.63, 3.8) is 0 Å². The summed E-state index contributed by atoms with van der Waals surface area (Å²) in [5, 5.41) is 0. The van der Waals surface area contributed by atoms with Crippen LogP contribution in [0.3, 0.4) is 0 Å². The third-order valence-corrected chi connectivity index (χ3v) is 4.28. The molecule has 0 radical (unpaired) electrons. The standard InChI is InChI=1S/C17H14N2O2/c1-18-10-15-13-8-3-2-6-11(13)12-7-4-5-9-14(12)19(15)17(21)16(18)20/h2-9,15H,10H2,1H3/t15-/m0/s1. The van der Waals surface area contributed by atoms with Gasteiger partial charge in [0.15, 0.2) is 0 Å². The number of benzene rings is 2. The fraction of sp³-hybridized carbons (Fsp3) is 0.176. The van der Waals surface area contributed by atoms with E-state index in [1.165, 1.54) is 4.90 Å². The van der Waals surface area contributed by atoms with Gasteiger partial charge in [-0.1, -0.05) is 42.5 Å². The second-order valence-electron chi connectivity index (χ2n) is 5.48. The maximum absolute atomic E-state index is 12.5. The van der Waals surface area contributed by atoms with Gasteiger partial charge in [0.1, 0.15) is 0 Å². The molecule has 4 nitrogen and oxygen atoms in total. The minimum Gasteiger partial charge on any atom is -0.335 e. The first-order valence-electron chi connectivity index (χ1n) is 6.95. The van der Waals surface area contributed by atoms with E-state index in [9.17, 15) is 9.59 Å². The Morgan fingerprint density at radius 1 is 0.905 bits per heavy atom. The predicted octanol–water partition coefficient (Wildman–Crippen LogP) is 2.21. The summed E-state index contributed by atoms with van der Waals surface area (Å²) in [6.45, 7) is 0.524. The summed E-state index contributed by atoms with van der Waals surface area (Å²) in [5.41, 5.74) is 4.08. The number of para-hydroxylation sites is 1. The third kappa shape index (κ3) is 1.56. The van der Waals surface area contributed by atoms with Gasteiger partial charge in [0, 0.05) is 19.2 Å². The first kappa shape index (κ1) is 12.1. The molecule has 0 spiro atoms. The molecule has 0 N–H and O–H groups in total. The average Bonchev–Trinajstić information content (AvgIpc) is 2.52. The van der Waals surface area contributed by atoms with Gasteiger partial charge in [-0.2, -0.15) is 0 Å². The van der Waals surface area contributed by atoms with E-state index in [2.05, 4.69) is 6.07 Å². The molecule has 0 unspecified atom stereocenters. The van der Waals surface area contributed by atoms with E-state index in [0.717, 1.165) is 22.4 Å². The largest absolute Gasteiger partial charge is 0.335 e. The first-order chi connectivity index (χ1) is 10.2. The van der Waals surface area contributed by atoms with Crippen molar-refractivity contribution in [2.45, 2.75) is 6.04 Å². The first-order valence-corrected chi connectivity index (χ1v) is 6.95. The highest BCUT2D eigenvalue weighted by atomic mass is 16.2. The van der Waals surface area contributed by atoms with Gasteiger partial charge in [0.25, 0.3) is 0 Å². The van der Waals surface area contributed by atoms with E-state index in [4.69, 9.17) is 0 Å². The van der Waals surface area contributed by atoms with Gasteiger partial charge in [-0.15, -0.1) is 0 Å². The Balaban J connectivity index is 2.00. The molecule has 1 fully saturated rings. The number of piperazine rings is 1. The van der Waals surface area contributed by atoms with Crippen LogP contribution in [0.1, 0.15) is 11.6 Å². The molecule has 0 bridgehead atoms. The molecule has 21 heavy (non-hydrogen) atoms. The van der Waals surface area contributed by atoms with Crippen LogP contribution >= 0.6 is 0 Å². The van der Waals surface area contributed by atoms with Gasteiger partial charge < -0.3 is 4.90 Å². The van der Waals surface area contributed by atoms with Gasteiger partial charge in [-0.3, -0.25) is 14.5 Å². The highest BCUT2D eigenvalue weighted by Crippen LogP contribution is 2.45. The number of hydrogen-bond donors (Lipinski definition) is 0. The molecule has 0 aromatic heterocycles. The summed E-state index contributed by atoms with van der Waals surface area (Å²) in [5.74, 6) is -0.892. The molecule has 2 amide bonds. The minimum atomic E-state index is -0.448. The van der Waals surface area contributed by atoms with E-state index in [0.29, 0.717) is 6.54 Å². The summed E-state index contributed by atoms with van der Waals surface area (Å²) in [7, 11) is 1.68. The lowest BCUT2D eigenvalue weighted by Gasteiger charge is -2.43. The molecular weight excluding hydrogens is 264 g/mol. The quantitative estimate of drug-likeness (QED) is 0.693. The molecule has 4 heteroatoms. The summed E-state index contributed by atoms with van der Waals surface area (Å²) < 4.78 is 0. The van der Waals surface area contributed by atoms with Gasteiger partial charge in [-0.05, 0) is 17.2 Å². The zero-order valence-electron chi connectivity index (χ0n) is 11.6. The van der Waals surface area contributed by atoms with Crippen molar-refractivity contribution in [3.8, 4) is 11.1 Å². The van der Waals surface area contributed by atoms with Crippen molar-refractivity contribution in [3.05, 3.63) is 54.1 Å². The van der Waals surface area contributed by atoms with Crippen molar-refractivity contribution < 1.29 is 9.59 Å². The van der Waals surface area contributed by atoms with Crippen LogP contribution in [-0.4, -0.2) is 30.3 Å². The van der Waals surface area contributed by atoms with Gasteiger partial charge in [-0.25, -0.2) is 0 Å². The van der Waals surface area contributed by atoms with E-state index in [-0.39, 0.29) is 6.04 Å². The highest BCUT2D eigenvalue weighted by molar-refractivity contribution is 6.41. The summed E-state index contributed by atoms with van der Waals surface area (Å²) >= 11 is 0. The summed E-state index contributed by atoms with van der Waals surface area (Å²) in [6.07, 6.45) is 0.